The molecule has 0 aliphatic carbocycles. The summed E-state index contributed by atoms with van der Waals surface area (Å²) < 4.78 is 1.31. The molecule has 1 fully saturated rings. The maximum absolute atomic E-state index is 12.7. The van der Waals surface area contributed by atoms with Crippen LogP contribution in [0.1, 0.15) is 29.9 Å². The van der Waals surface area contributed by atoms with Crippen LogP contribution in [0.15, 0.2) is 65.5 Å². The monoisotopic (exact) mass is 333 g/mol. The van der Waals surface area contributed by atoms with E-state index >= 15 is 0 Å². The molecule has 2 N–H and O–H groups in total. The summed E-state index contributed by atoms with van der Waals surface area (Å²) in [6.45, 7) is 3.00. The number of benzene rings is 2. The summed E-state index contributed by atoms with van der Waals surface area (Å²) in [4.78, 5) is 15.1. The number of fused-ring (bicyclic) bond motifs is 1. The van der Waals surface area contributed by atoms with Gasteiger partial charge in [-0.25, -0.2) is 4.68 Å². The minimum absolute atomic E-state index is 0.0554. The lowest BCUT2D eigenvalue weighted by Crippen LogP contribution is -2.36. The van der Waals surface area contributed by atoms with Crippen LogP contribution in [-0.4, -0.2) is 22.7 Å². The lowest BCUT2D eigenvalue weighted by Gasteiger charge is -2.32. The van der Waals surface area contributed by atoms with E-state index in [1.165, 1.54) is 10.2 Å². The van der Waals surface area contributed by atoms with Crippen LogP contribution in [0, 0.1) is 0 Å². The summed E-state index contributed by atoms with van der Waals surface area (Å²) in [7, 11) is 0. The van der Waals surface area contributed by atoms with E-state index in [0.717, 1.165) is 48.9 Å². The summed E-state index contributed by atoms with van der Waals surface area (Å²) >= 11 is 0. The first-order valence-electron chi connectivity index (χ1n) is 8.88. The van der Waals surface area contributed by atoms with Crippen molar-refractivity contribution < 1.29 is 0 Å². The number of likely N-dealkylation sites (tertiary alicyclic amines) is 1. The minimum Gasteiger partial charge on any atom is -0.336 e. The molecule has 3 aromatic rings. The predicted octanol–water partition coefficient (Wildman–Crippen LogP) is 3.09. The SMILES string of the molecule is Nn1c(=O)c(C2CCN(Cc3ccccc3)CC2)cc2ccccc21. The van der Waals surface area contributed by atoms with Gasteiger partial charge in [-0.15, -0.1) is 0 Å². The van der Waals surface area contributed by atoms with Crippen molar-refractivity contribution >= 4 is 10.9 Å². The Morgan fingerprint density at radius 2 is 1.64 bits per heavy atom. The standard InChI is InChI=1S/C21H23N3O/c22-24-20-9-5-4-8-18(20)14-19(21(24)25)17-10-12-23(13-11-17)15-16-6-2-1-3-7-16/h1-9,14,17H,10-13,15,22H2. The van der Waals surface area contributed by atoms with Crippen LogP contribution in [0.25, 0.3) is 10.9 Å². The lowest BCUT2D eigenvalue weighted by atomic mass is 9.89. The molecule has 25 heavy (non-hydrogen) atoms. The van der Waals surface area contributed by atoms with Crippen LogP contribution < -0.4 is 11.4 Å². The number of aromatic nitrogens is 1. The number of nitrogens with two attached hydrogens (primary N) is 1. The number of rotatable bonds is 3. The van der Waals surface area contributed by atoms with Gasteiger partial charge in [0.05, 0.1) is 5.52 Å². The Morgan fingerprint density at radius 1 is 0.960 bits per heavy atom. The largest absolute Gasteiger partial charge is 0.336 e. The fourth-order valence-corrected chi connectivity index (χ4v) is 3.84. The molecule has 4 rings (SSSR count). The Labute approximate surface area is 147 Å². The second-order valence-electron chi connectivity index (χ2n) is 6.87. The lowest BCUT2D eigenvalue weighted by molar-refractivity contribution is 0.204. The Bertz CT molecular complexity index is 925. The van der Waals surface area contributed by atoms with E-state index < -0.39 is 0 Å². The van der Waals surface area contributed by atoms with Crippen molar-refractivity contribution in [2.45, 2.75) is 25.3 Å². The normalized spacial score (nSPS) is 16.3. The zero-order valence-corrected chi connectivity index (χ0v) is 14.3. The Morgan fingerprint density at radius 3 is 2.40 bits per heavy atom. The summed E-state index contributed by atoms with van der Waals surface area (Å²) in [6.07, 6.45) is 2.00. The molecule has 1 aliphatic rings. The molecule has 4 nitrogen and oxygen atoms in total. The number of para-hydroxylation sites is 1. The van der Waals surface area contributed by atoms with Crippen LogP contribution in [0.2, 0.25) is 0 Å². The highest BCUT2D eigenvalue weighted by atomic mass is 16.1. The van der Waals surface area contributed by atoms with E-state index in [4.69, 9.17) is 5.84 Å². The molecular weight excluding hydrogens is 310 g/mol. The molecule has 0 amide bonds. The quantitative estimate of drug-likeness (QED) is 0.749. The summed E-state index contributed by atoms with van der Waals surface area (Å²) in [5.74, 6) is 6.34. The van der Waals surface area contributed by atoms with E-state index in [0.29, 0.717) is 5.92 Å². The summed E-state index contributed by atoms with van der Waals surface area (Å²) in [5.41, 5.74) is 2.94. The van der Waals surface area contributed by atoms with Gasteiger partial charge in [0.15, 0.2) is 0 Å². The second kappa shape index (κ2) is 6.73. The van der Waals surface area contributed by atoms with E-state index in [-0.39, 0.29) is 5.56 Å². The van der Waals surface area contributed by atoms with Gasteiger partial charge in [-0.1, -0.05) is 48.5 Å². The number of piperidine rings is 1. The second-order valence-corrected chi connectivity index (χ2v) is 6.87. The summed E-state index contributed by atoms with van der Waals surface area (Å²) in [6, 6.07) is 20.4. The average Bonchev–Trinajstić information content (AvgIpc) is 2.66. The molecular formula is C21H23N3O. The maximum Gasteiger partial charge on any atom is 0.272 e. The highest BCUT2D eigenvalue weighted by molar-refractivity contribution is 5.79. The topological polar surface area (TPSA) is 51.3 Å². The van der Waals surface area contributed by atoms with Crippen molar-refractivity contribution in [1.29, 1.82) is 0 Å². The fourth-order valence-electron chi connectivity index (χ4n) is 3.84. The van der Waals surface area contributed by atoms with Crippen molar-refractivity contribution in [3.8, 4) is 0 Å². The van der Waals surface area contributed by atoms with Crippen molar-refractivity contribution in [3.63, 3.8) is 0 Å². The first-order valence-corrected chi connectivity index (χ1v) is 8.88. The number of nitrogens with zero attached hydrogens (tertiary/aromatic N) is 2. The van der Waals surface area contributed by atoms with Gasteiger partial charge in [-0.2, -0.15) is 0 Å². The molecule has 1 aromatic heterocycles. The van der Waals surface area contributed by atoms with Crippen molar-refractivity contribution in [1.82, 2.24) is 9.58 Å². The molecule has 4 heteroatoms. The van der Waals surface area contributed by atoms with Crippen molar-refractivity contribution in [3.05, 3.63) is 82.1 Å². The summed E-state index contributed by atoms with van der Waals surface area (Å²) in [5, 5.41) is 1.03. The highest BCUT2D eigenvalue weighted by Crippen LogP contribution is 2.28. The van der Waals surface area contributed by atoms with E-state index in [2.05, 4.69) is 29.2 Å². The molecule has 1 saturated heterocycles. The third kappa shape index (κ3) is 3.17. The molecule has 2 aromatic carbocycles. The van der Waals surface area contributed by atoms with Gasteiger partial charge in [-0.05, 0) is 49.5 Å². The fraction of sp³-hybridized carbons (Fsp3) is 0.286. The molecule has 0 unspecified atom stereocenters. The van der Waals surface area contributed by atoms with Gasteiger partial charge in [-0.3, -0.25) is 9.69 Å². The number of nitrogen functional groups attached to an aromatic ring is 1. The molecule has 0 radical (unpaired) electrons. The Kier molecular flexibility index (Phi) is 4.28. The molecule has 0 spiro atoms. The smallest absolute Gasteiger partial charge is 0.272 e. The zero-order valence-electron chi connectivity index (χ0n) is 14.3. The van der Waals surface area contributed by atoms with Crippen LogP contribution in [0.3, 0.4) is 0 Å². The number of hydrogen-bond acceptors (Lipinski definition) is 3. The van der Waals surface area contributed by atoms with Crippen molar-refractivity contribution in [2.75, 3.05) is 18.9 Å². The molecule has 2 heterocycles. The third-order valence-corrected chi connectivity index (χ3v) is 5.25. The number of pyridine rings is 1. The highest BCUT2D eigenvalue weighted by Gasteiger charge is 2.23. The van der Waals surface area contributed by atoms with Gasteiger partial charge < -0.3 is 5.84 Å². The maximum atomic E-state index is 12.7. The molecule has 0 bridgehead atoms. The van der Waals surface area contributed by atoms with E-state index in [1.807, 2.05) is 36.4 Å². The third-order valence-electron chi connectivity index (χ3n) is 5.25. The van der Waals surface area contributed by atoms with Gasteiger partial charge >= 0.3 is 0 Å². The average molecular weight is 333 g/mol. The first kappa shape index (κ1) is 15.9. The van der Waals surface area contributed by atoms with E-state index in [9.17, 15) is 4.79 Å². The van der Waals surface area contributed by atoms with Crippen LogP contribution in [0.4, 0.5) is 0 Å². The zero-order chi connectivity index (χ0) is 17.2. The predicted molar refractivity (Wildman–Crippen MR) is 102 cm³/mol. The minimum atomic E-state index is -0.0554. The molecule has 1 aliphatic heterocycles. The van der Waals surface area contributed by atoms with Gasteiger partial charge in [0.2, 0.25) is 0 Å². The first-order chi connectivity index (χ1) is 12.2. The Hall–Kier alpha value is -2.59. The van der Waals surface area contributed by atoms with Crippen LogP contribution >= 0.6 is 0 Å². The van der Waals surface area contributed by atoms with Gasteiger partial charge in [0, 0.05) is 17.5 Å². The van der Waals surface area contributed by atoms with E-state index in [1.54, 1.807) is 0 Å². The van der Waals surface area contributed by atoms with Gasteiger partial charge in [0.25, 0.3) is 5.56 Å². The molecule has 0 saturated carbocycles. The van der Waals surface area contributed by atoms with Gasteiger partial charge in [0.1, 0.15) is 0 Å². The van der Waals surface area contributed by atoms with Crippen LogP contribution in [0.5, 0.6) is 0 Å². The number of hydrogen-bond donors (Lipinski definition) is 1. The van der Waals surface area contributed by atoms with Crippen molar-refractivity contribution in [2.24, 2.45) is 0 Å². The van der Waals surface area contributed by atoms with Crippen LogP contribution in [-0.2, 0) is 6.54 Å². The Balaban J connectivity index is 1.52. The molecule has 128 valence electrons. The molecule has 0 atom stereocenters.